The van der Waals surface area contributed by atoms with E-state index in [2.05, 4.69) is 15.4 Å². The van der Waals surface area contributed by atoms with Gasteiger partial charge in [0.1, 0.15) is 0 Å². The second-order valence-electron chi connectivity index (χ2n) is 7.11. The van der Waals surface area contributed by atoms with Gasteiger partial charge < -0.3 is 10.6 Å². The first-order valence-corrected chi connectivity index (χ1v) is 11.5. The Balaban J connectivity index is 1.80. The third kappa shape index (κ3) is 6.13. The van der Waals surface area contributed by atoms with E-state index in [-0.39, 0.29) is 22.1 Å². The van der Waals surface area contributed by atoms with E-state index >= 15 is 0 Å². The highest BCUT2D eigenvalue weighted by atomic mass is 32.2. The maximum Gasteiger partial charge on any atom is 0.416 e. The van der Waals surface area contributed by atoms with Gasteiger partial charge in [0, 0.05) is 29.0 Å². The van der Waals surface area contributed by atoms with Gasteiger partial charge in [0.25, 0.3) is 21.8 Å². The van der Waals surface area contributed by atoms with E-state index in [1.165, 1.54) is 30.3 Å². The van der Waals surface area contributed by atoms with Gasteiger partial charge in [0.05, 0.1) is 10.5 Å². The zero-order valence-corrected chi connectivity index (χ0v) is 18.6. The summed E-state index contributed by atoms with van der Waals surface area (Å²) in [5.74, 6) is -0.948. The van der Waals surface area contributed by atoms with Gasteiger partial charge in [0.15, 0.2) is 0 Å². The predicted octanol–water partition coefficient (Wildman–Crippen LogP) is 4.51. The van der Waals surface area contributed by atoms with Crippen molar-refractivity contribution >= 4 is 33.2 Å². The number of alkyl halides is 3. The Kier molecular flexibility index (Phi) is 7.26. The highest BCUT2D eigenvalue weighted by molar-refractivity contribution is 7.92. The molecule has 0 aliphatic heterocycles. The van der Waals surface area contributed by atoms with Gasteiger partial charge in [-0.25, -0.2) is 8.42 Å². The van der Waals surface area contributed by atoms with Crippen LogP contribution in [0.2, 0.25) is 0 Å². The van der Waals surface area contributed by atoms with Crippen molar-refractivity contribution in [1.82, 2.24) is 5.32 Å². The number of carbonyl (C=O) groups is 2. The molecule has 0 aliphatic carbocycles. The molecule has 0 radical (unpaired) electrons. The fourth-order valence-corrected chi connectivity index (χ4v) is 4.08. The van der Waals surface area contributed by atoms with Crippen LogP contribution in [0.15, 0.2) is 77.7 Å². The lowest BCUT2D eigenvalue weighted by Crippen LogP contribution is -2.22. The van der Waals surface area contributed by atoms with Gasteiger partial charge in [0.2, 0.25) is 0 Å². The van der Waals surface area contributed by atoms with Crippen LogP contribution in [-0.2, 0) is 16.2 Å². The van der Waals surface area contributed by atoms with Crippen molar-refractivity contribution in [3.8, 4) is 0 Å². The van der Waals surface area contributed by atoms with E-state index in [1.54, 1.807) is 25.1 Å². The van der Waals surface area contributed by atoms with Crippen LogP contribution in [0.5, 0.6) is 0 Å². The number of carbonyl (C=O) groups excluding carboxylic acids is 2. The molecule has 3 N–H and O–H groups in total. The molecule has 3 aromatic rings. The van der Waals surface area contributed by atoms with Crippen LogP contribution in [0.4, 0.5) is 24.5 Å². The van der Waals surface area contributed by atoms with Crippen molar-refractivity contribution in [3.05, 3.63) is 89.5 Å². The van der Waals surface area contributed by atoms with Gasteiger partial charge in [-0.2, -0.15) is 13.2 Å². The number of halogens is 3. The summed E-state index contributed by atoms with van der Waals surface area (Å²) in [6.45, 7) is 2.21. The van der Waals surface area contributed by atoms with E-state index in [0.29, 0.717) is 23.9 Å². The Morgan fingerprint density at radius 3 is 2.12 bits per heavy atom. The first-order chi connectivity index (χ1) is 16.0. The Bertz CT molecular complexity index is 1320. The lowest BCUT2D eigenvalue weighted by atomic mass is 10.1. The topological polar surface area (TPSA) is 104 Å². The smallest absolute Gasteiger partial charge is 0.352 e. The number of rotatable bonds is 7. The lowest BCUT2D eigenvalue weighted by Gasteiger charge is -2.12. The summed E-state index contributed by atoms with van der Waals surface area (Å²) in [6.07, 6.45) is -4.63. The quantitative estimate of drug-likeness (QED) is 0.452. The van der Waals surface area contributed by atoms with E-state index in [0.717, 1.165) is 18.2 Å². The molecule has 0 fully saturated rings. The average molecular weight is 491 g/mol. The van der Waals surface area contributed by atoms with Crippen molar-refractivity contribution in [3.63, 3.8) is 0 Å². The molecule has 34 heavy (non-hydrogen) atoms. The van der Waals surface area contributed by atoms with Crippen molar-refractivity contribution in [2.45, 2.75) is 18.0 Å². The highest BCUT2D eigenvalue weighted by Crippen LogP contribution is 2.31. The highest BCUT2D eigenvalue weighted by Gasteiger charge is 2.30. The predicted molar refractivity (Wildman–Crippen MR) is 121 cm³/mol. The number of anilines is 2. The Morgan fingerprint density at radius 2 is 1.44 bits per heavy atom. The largest absolute Gasteiger partial charge is 0.416 e. The third-order valence-corrected chi connectivity index (χ3v) is 5.95. The van der Waals surface area contributed by atoms with Gasteiger partial charge in [-0.1, -0.05) is 18.2 Å². The monoisotopic (exact) mass is 491 g/mol. The standard InChI is InChI=1S/C23H20F3N3O4S/c1-2-27-21(30)15-6-3-9-18(12-15)28-22(31)16-7-4-11-20(13-16)34(32,33)29-19-10-5-8-17(14-19)23(24,25)26/h3-14,29H,2H2,1H3,(H,27,30)(H,28,31). The van der Waals surface area contributed by atoms with Crippen LogP contribution in [0.1, 0.15) is 33.2 Å². The number of benzene rings is 3. The van der Waals surface area contributed by atoms with Crippen LogP contribution in [0, 0.1) is 0 Å². The Morgan fingerprint density at radius 1 is 0.824 bits per heavy atom. The van der Waals surface area contributed by atoms with Gasteiger partial charge in [-0.3, -0.25) is 14.3 Å². The minimum Gasteiger partial charge on any atom is -0.352 e. The van der Waals surface area contributed by atoms with Crippen LogP contribution in [0.3, 0.4) is 0 Å². The summed E-state index contributed by atoms with van der Waals surface area (Å²) in [7, 11) is -4.28. The van der Waals surface area contributed by atoms with Gasteiger partial charge in [-0.15, -0.1) is 0 Å². The van der Waals surface area contributed by atoms with E-state index in [1.807, 2.05) is 0 Å². The van der Waals surface area contributed by atoms with Gasteiger partial charge >= 0.3 is 6.18 Å². The molecule has 0 saturated carbocycles. The van der Waals surface area contributed by atoms with E-state index in [9.17, 15) is 31.2 Å². The molecule has 0 spiro atoms. The average Bonchev–Trinajstić information content (AvgIpc) is 2.79. The molecule has 0 atom stereocenters. The fourth-order valence-electron chi connectivity index (χ4n) is 2.98. The fraction of sp³-hybridized carbons (Fsp3) is 0.130. The molecule has 0 unspecified atom stereocenters. The molecule has 2 amide bonds. The number of amides is 2. The zero-order chi connectivity index (χ0) is 24.9. The summed E-state index contributed by atoms with van der Waals surface area (Å²) in [6, 6.07) is 15.0. The molecule has 178 valence electrons. The number of hydrogen-bond donors (Lipinski definition) is 3. The van der Waals surface area contributed by atoms with Gasteiger partial charge in [-0.05, 0) is 61.5 Å². The molecular weight excluding hydrogens is 471 g/mol. The van der Waals surface area contributed by atoms with Crippen LogP contribution < -0.4 is 15.4 Å². The zero-order valence-electron chi connectivity index (χ0n) is 17.8. The first kappa shape index (κ1) is 24.8. The molecule has 3 aromatic carbocycles. The number of nitrogens with one attached hydrogen (secondary N) is 3. The van der Waals surface area contributed by atoms with Crippen LogP contribution >= 0.6 is 0 Å². The summed E-state index contributed by atoms with van der Waals surface area (Å²) >= 11 is 0. The number of hydrogen-bond acceptors (Lipinski definition) is 4. The minimum absolute atomic E-state index is 0.00432. The van der Waals surface area contributed by atoms with Crippen LogP contribution in [0.25, 0.3) is 0 Å². The van der Waals surface area contributed by atoms with Crippen molar-refractivity contribution in [1.29, 1.82) is 0 Å². The van der Waals surface area contributed by atoms with E-state index < -0.39 is 27.7 Å². The molecule has 0 saturated heterocycles. The van der Waals surface area contributed by atoms with Crippen molar-refractivity contribution in [2.75, 3.05) is 16.6 Å². The SMILES string of the molecule is CCNC(=O)c1cccc(NC(=O)c2cccc(S(=O)(=O)Nc3cccc(C(F)(F)F)c3)c2)c1. The molecule has 0 aliphatic rings. The Hall–Kier alpha value is -3.86. The molecule has 3 rings (SSSR count). The molecule has 11 heteroatoms. The summed E-state index contributed by atoms with van der Waals surface area (Å²) < 4.78 is 66.2. The normalized spacial score (nSPS) is 11.5. The molecule has 0 heterocycles. The maximum atomic E-state index is 12.9. The molecular formula is C23H20F3N3O4S. The van der Waals surface area contributed by atoms with Crippen molar-refractivity contribution in [2.24, 2.45) is 0 Å². The Labute approximate surface area is 194 Å². The lowest BCUT2D eigenvalue weighted by molar-refractivity contribution is -0.137. The summed E-state index contributed by atoms with van der Waals surface area (Å²) in [4.78, 5) is 24.3. The molecule has 0 bridgehead atoms. The van der Waals surface area contributed by atoms with Crippen molar-refractivity contribution < 1.29 is 31.2 Å². The second kappa shape index (κ2) is 9.96. The molecule has 0 aromatic heterocycles. The first-order valence-electron chi connectivity index (χ1n) is 9.99. The third-order valence-electron chi connectivity index (χ3n) is 4.57. The molecule has 7 nitrogen and oxygen atoms in total. The summed E-state index contributed by atoms with van der Waals surface area (Å²) in [5, 5.41) is 5.23. The van der Waals surface area contributed by atoms with E-state index in [4.69, 9.17) is 0 Å². The number of sulfonamides is 1. The summed E-state index contributed by atoms with van der Waals surface area (Å²) in [5.41, 5.74) is -0.622. The van der Waals surface area contributed by atoms with Crippen LogP contribution in [-0.4, -0.2) is 26.8 Å². The maximum absolute atomic E-state index is 12.9. The second-order valence-corrected chi connectivity index (χ2v) is 8.79. The minimum atomic E-state index is -4.63.